The molecule has 0 aliphatic rings. The number of hydrogen-bond acceptors (Lipinski definition) is 2. The van der Waals surface area contributed by atoms with Crippen molar-refractivity contribution in [3.8, 4) is 5.75 Å². The summed E-state index contributed by atoms with van der Waals surface area (Å²) in [6.07, 6.45) is -0.0560. The number of halogens is 1. The molecule has 0 heterocycles. The Morgan fingerprint density at radius 3 is 2.65 bits per heavy atom. The van der Waals surface area contributed by atoms with E-state index < -0.39 is 5.97 Å². The third-order valence-corrected chi connectivity index (χ3v) is 3.27. The van der Waals surface area contributed by atoms with Crippen LogP contribution in [0.25, 0.3) is 0 Å². The van der Waals surface area contributed by atoms with Gasteiger partial charge < -0.3 is 9.84 Å². The lowest BCUT2D eigenvalue weighted by Crippen LogP contribution is -2.04. The lowest BCUT2D eigenvalue weighted by atomic mass is 10.1. The Hall–Kier alpha value is -2.00. The predicted octanol–water partition coefficient (Wildman–Crippen LogP) is 3.85. The molecule has 0 spiro atoms. The summed E-state index contributed by atoms with van der Waals surface area (Å²) in [6.45, 7) is 2.23. The number of aliphatic carboxylic acids is 1. The van der Waals surface area contributed by atoms with Crippen LogP contribution < -0.4 is 4.74 Å². The normalized spacial score (nSPS) is 10.3. The molecule has 0 atom stereocenters. The highest BCUT2D eigenvalue weighted by molar-refractivity contribution is 6.31. The minimum absolute atomic E-state index is 0.0560. The van der Waals surface area contributed by atoms with E-state index in [0.717, 1.165) is 11.1 Å². The van der Waals surface area contributed by atoms with Crippen molar-refractivity contribution in [1.29, 1.82) is 0 Å². The van der Waals surface area contributed by atoms with Gasteiger partial charge in [0.2, 0.25) is 0 Å². The molecule has 0 aliphatic heterocycles. The molecule has 0 bridgehead atoms. The zero-order valence-electron chi connectivity index (χ0n) is 11.1. The average molecular weight is 291 g/mol. The fourth-order valence-corrected chi connectivity index (χ4v) is 2.11. The van der Waals surface area contributed by atoms with E-state index in [2.05, 4.69) is 0 Å². The predicted molar refractivity (Wildman–Crippen MR) is 78.3 cm³/mol. The number of aryl methyl sites for hydroxylation is 1. The lowest BCUT2D eigenvalue weighted by Gasteiger charge is -2.12. The van der Waals surface area contributed by atoms with Crippen molar-refractivity contribution in [1.82, 2.24) is 0 Å². The van der Waals surface area contributed by atoms with Crippen LogP contribution in [0.2, 0.25) is 5.02 Å². The highest BCUT2D eigenvalue weighted by Crippen LogP contribution is 2.23. The number of benzene rings is 2. The Kier molecular flexibility index (Phi) is 4.64. The molecule has 2 aromatic rings. The van der Waals surface area contributed by atoms with E-state index in [1.54, 1.807) is 12.1 Å². The van der Waals surface area contributed by atoms with Gasteiger partial charge in [-0.05, 0) is 19.1 Å². The van der Waals surface area contributed by atoms with Crippen LogP contribution in [0, 0.1) is 6.92 Å². The summed E-state index contributed by atoms with van der Waals surface area (Å²) in [5.74, 6) is -0.295. The first-order chi connectivity index (χ1) is 9.56. The fraction of sp³-hybridized carbons (Fsp3) is 0.188. The van der Waals surface area contributed by atoms with E-state index in [0.29, 0.717) is 22.9 Å². The lowest BCUT2D eigenvalue weighted by molar-refractivity contribution is -0.136. The second-order valence-electron chi connectivity index (χ2n) is 4.56. The van der Waals surface area contributed by atoms with Crippen molar-refractivity contribution in [2.45, 2.75) is 20.0 Å². The minimum Gasteiger partial charge on any atom is -0.489 e. The molecule has 2 rings (SSSR count). The number of carboxylic acids is 1. The van der Waals surface area contributed by atoms with E-state index in [1.807, 2.05) is 37.3 Å². The number of rotatable bonds is 5. The molecule has 0 amide bonds. The molecular weight excluding hydrogens is 276 g/mol. The van der Waals surface area contributed by atoms with Gasteiger partial charge in [-0.2, -0.15) is 0 Å². The molecule has 0 aromatic heterocycles. The van der Waals surface area contributed by atoms with Crippen molar-refractivity contribution >= 4 is 17.6 Å². The zero-order valence-corrected chi connectivity index (χ0v) is 11.9. The second kappa shape index (κ2) is 6.44. The van der Waals surface area contributed by atoms with E-state index in [1.165, 1.54) is 0 Å². The third-order valence-electron chi connectivity index (χ3n) is 2.90. The molecule has 0 unspecified atom stereocenters. The maximum absolute atomic E-state index is 10.9. The molecule has 2 aromatic carbocycles. The summed E-state index contributed by atoms with van der Waals surface area (Å²) in [5.41, 5.74) is 2.55. The summed E-state index contributed by atoms with van der Waals surface area (Å²) in [5, 5.41) is 9.57. The number of carboxylic acid groups (broad SMARTS) is 1. The Morgan fingerprint density at radius 1 is 1.20 bits per heavy atom. The zero-order chi connectivity index (χ0) is 14.5. The molecule has 0 aliphatic carbocycles. The van der Waals surface area contributed by atoms with Gasteiger partial charge in [0.25, 0.3) is 0 Å². The van der Waals surface area contributed by atoms with Gasteiger partial charge in [-0.1, -0.05) is 47.5 Å². The number of carbonyl (C=O) groups is 1. The SMILES string of the molecule is Cc1ccc(OCc2ccccc2Cl)c(CC(=O)O)c1. The Bertz CT molecular complexity index is 623. The fourth-order valence-electron chi connectivity index (χ4n) is 1.92. The van der Waals surface area contributed by atoms with Crippen molar-refractivity contribution in [3.05, 3.63) is 64.2 Å². The Balaban J connectivity index is 2.17. The first-order valence-corrected chi connectivity index (χ1v) is 6.61. The maximum Gasteiger partial charge on any atom is 0.307 e. The largest absolute Gasteiger partial charge is 0.489 e. The van der Waals surface area contributed by atoms with Crippen molar-refractivity contribution in [2.75, 3.05) is 0 Å². The van der Waals surface area contributed by atoms with Crippen LogP contribution in [-0.4, -0.2) is 11.1 Å². The third kappa shape index (κ3) is 3.75. The van der Waals surface area contributed by atoms with Gasteiger partial charge >= 0.3 is 5.97 Å². The molecule has 0 saturated carbocycles. The topological polar surface area (TPSA) is 46.5 Å². The van der Waals surface area contributed by atoms with Gasteiger partial charge in [0.1, 0.15) is 12.4 Å². The van der Waals surface area contributed by atoms with Gasteiger partial charge in [-0.25, -0.2) is 0 Å². The highest BCUT2D eigenvalue weighted by Gasteiger charge is 2.09. The first-order valence-electron chi connectivity index (χ1n) is 6.24. The van der Waals surface area contributed by atoms with E-state index >= 15 is 0 Å². The summed E-state index contributed by atoms with van der Waals surface area (Å²) in [6, 6.07) is 12.9. The molecule has 0 radical (unpaired) electrons. The standard InChI is InChI=1S/C16H15ClO3/c1-11-6-7-15(13(8-11)9-16(18)19)20-10-12-4-2-3-5-14(12)17/h2-8H,9-10H2,1H3,(H,18,19). The smallest absolute Gasteiger partial charge is 0.307 e. The van der Waals surface area contributed by atoms with Crippen LogP contribution in [-0.2, 0) is 17.8 Å². The van der Waals surface area contributed by atoms with Crippen LogP contribution in [0.5, 0.6) is 5.75 Å². The summed E-state index contributed by atoms with van der Waals surface area (Å²) in [7, 11) is 0. The molecule has 4 heteroatoms. The van der Waals surface area contributed by atoms with Crippen molar-refractivity contribution in [3.63, 3.8) is 0 Å². The Labute approximate surface area is 122 Å². The molecule has 1 N–H and O–H groups in total. The van der Waals surface area contributed by atoms with Gasteiger partial charge in [-0.15, -0.1) is 0 Å². The molecule has 0 saturated heterocycles. The minimum atomic E-state index is -0.877. The van der Waals surface area contributed by atoms with Crippen molar-refractivity contribution in [2.24, 2.45) is 0 Å². The van der Waals surface area contributed by atoms with E-state index in [9.17, 15) is 4.79 Å². The quantitative estimate of drug-likeness (QED) is 0.909. The summed E-state index contributed by atoms with van der Waals surface area (Å²) >= 11 is 6.07. The summed E-state index contributed by atoms with van der Waals surface area (Å²) in [4.78, 5) is 10.9. The second-order valence-corrected chi connectivity index (χ2v) is 4.97. The molecule has 20 heavy (non-hydrogen) atoms. The molecular formula is C16H15ClO3. The number of ether oxygens (including phenoxy) is 1. The van der Waals surface area contributed by atoms with Gasteiger partial charge in [0.05, 0.1) is 6.42 Å². The van der Waals surface area contributed by atoms with Crippen LogP contribution >= 0.6 is 11.6 Å². The summed E-state index contributed by atoms with van der Waals surface area (Å²) < 4.78 is 5.71. The van der Waals surface area contributed by atoms with Gasteiger partial charge in [0, 0.05) is 16.1 Å². The van der Waals surface area contributed by atoms with Crippen LogP contribution in [0.3, 0.4) is 0 Å². The average Bonchev–Trinajstić information content (AvgIpc) is 2.39. The van der Waals surface area contributed by atoms with E-state index in [4.69, 9.17) is 21.4 Å². The molecule has 3 nitrogen and oxygen atoms in total. The van der Waals surface area contributed by atoms with Gasteiger partial charge in [0.15, 0.2) is 0 Å². The van der Waals surface area contributed by atoms with E-state index in [-0.39, 0.29) is 6.42 Å². The highest BCUT2D eigenvalue weighted by atomic mass is 35.5. The molecule has 104 valence electrons. The van der Waals surface area contributed by atoms with Crippen LogP contribution in [0.15, 0.2) is 42.5 Å². The monoisotopic (exact) mass is 290 g/mol. The van der Waals surface area contributed by atoms with Crippen molar-refractivity contribution < 1.29 is 14.6 Å². The van der Waals surface area contributed by atoms with Crippen LogP contribution in [0.1, 0.15) is 16.7 Å². The number of hydrogen-bond donors (Lipinski definition) is 1. The first kappa shape index (κ1) is 14.4. The van der Waals surface area contributed by atoms with Gasteiger partial charge in [-0.3, -0.25) is 4.79 Å². The van der Waals surface area contributed by atoms with Crippen LogP contribution in [0.4, 0.5) is 0 Å². The maximum atomic E-state index is 10.9. The molecule has 0 fully saturated rings. The Morgan fingerprint density at radius 2 is 1.95 bits per heavy atom.